The molecule has 0 spiro atoms. The molecule has 0 aliphatic rings. The van der Waals surface area contributed by atoms with Gasteiger partial charge in [0.15, 0.2) is 0 Å². The summed E-state index contributed by atoms with van der Waals surface area (Å²) in [5.74, 6) is 0.740. The molecule has 2 rings (SSSR count). The monoisotopic (exact) mass is 284 g/mol. The highest BCUT2D eigenvalue weighted by atomic mass is 16.5. The summed E-state index contributed by atoms with van der Waals surface area (Å²) in [5, 5.41) is 2.92. The lowest BCUT2D eigenvalue weighted by atomic mass is 10.1. The lowest BCUT2D eigenvalue weighted by Crippen LogP contribution is -2.25. The molecule has 0 bridgehead atoms. The Hall–Kier alpha value is -2.33. The Morgan fingerprint density at radius 2 is 1.90 bits per heavy atom. The lowest BCUT2D eigenvalue weighted by Gasteiger charge is -2.09. The van der Waals surface area contributed by atoms with E-state index in [0.717, 1.165) is 22.4 Å². The Bertz CT molecular complexity index is 611. The van der Waals surface area contributed by atoms with Crippen LogP contribution in [-0.4, -0.2) is 13.0 Å². The van der Waals surface area contributed by atoms with E-state index in [-0.39, 0.29) is 5.91 Å². The van der Waals surface area contributed by atoms with E-state index in [0.29, 0.717) is 19.5 Å². The summed E-state index contributed by atoms with van der Waals surface area (Å²) in [5.41, 5.74) is 8.72. The minimum atomic E-state index is -0.0184. The van der Waals surface area contributed by atoms with E-state index in [1.165, 1.54) is 0 Å². The van der Waals surface area contributed by atoms with Gasteiger partial charge in [-0.05, 0) is 28.8 Å². The number of carbonyl (C=O) groups is 1. The standard InChI is InChI=1S/C17H20N2O2/c1-21-16-8-4-5-13(9-16)10-17(20)19-12-15-7-3-2-6-14(15)11-18/h2-9H,10-12,18H2,1H3,(H,19,20). The number of ether oxygens (including phenoxy) is 1. The highest BCUT2D eigenvalue weighted by Crippen LogP contribution is 2.13. The normalized spacial score (nSPS) is 10.2. The van der Waals surface area contributed by atoms with Crippen LogP contribution in [0.15, 0.2) is 48.5 Å². The fourth-order valence-corrected chi connectivity index (χ4v) is 2.15. The number of nitrogens with two attached hydrogens (primary N) is 1. The first kappa shape index (κ1) is 15.1. The Labute approximate surface area is 124 Å². The van der Waals surface area contributed by atoms with Crippen molar-refractivity contribution in [2.45, 2.75) is 19.5 Å². The topological polar surface area (TPSA) is 64.3 Å². The molecular formula is C17H20N2O2. The van der Waals surface area contributed by atoms with Crippen LogP contribution in [0, 0.1) is 0 Å². The average molecular weight is 284 g/mol. The molecule has 0 aliphatic carbocycles. The van der Waals surface area contributed by atoms with Gasteiger partial charge in [-0.2, -0.15) is 0 Å². The van der Waals surface area contributed by atoms with E-state index >= 15 is 0 Å². The largest absolute Gasteiger partial charge is 0.497 e. The molecule has 0 saturated heterocycles. The van der Waals surface area contributed by atoms with Crippen LogP contribution >= 0.6 is 0 Å². The molecule has 0 heterocycles. The van der Waals surface area contributed by atoms with Crippen molar-refractivity contribution in [1.29, 1.82) is 0 Å². The van der Waals surface area contributed by atoms with Crippen molar-refractivity contribution in [3.8, 4) is 5.75 Å². The van der Waals surface area contributed by atoms with Gasteiger partial charge in [-0.15, -0.1) is 0 Å². The van der Waals surface area contributed by atoms with Crippen LogP contribution in [0.4, 0.5) is 0 Å². The SMILES string of the molecule is COc1cccc(CC(=O)NCc2ccccc2CN)c1. The van der Waals surface area contributed by atoms with Gasteiger partial charge in [-0.1, -0.05) is 36.4 Å². The van der Waals surface area contributed by atoms with Crippen LogP contribution in [-0.2, 0) is 24.3 Å². The number of rotatable bonds is 6. The second-order valence-corrected chi connectivity index (χ2v) is 4.78. The molecular weight excluding hydrogens is 264 g/mol. The van der Waals surface area contributed by atoms with E-state index < -0.39 is 0 Å². The average Bonchev–Trinajstić information content (AvgIpc) is 2.53. The summed E-state index contributed by atoms with van der Waals surface area (Å²) in [7, 11) is 1.61. The van der Waals surface area contributed by atoms with Gasteiger partial charge in [-0.25, -0.2) is 0 Å². The van der Waals surface area contributed by atoms with Crippen molar-refractivity contribution in [2.75, 3.05) is 7.11 Å². The van der Waals surface area contributed by atoms with Crippen molar-refractivity contribution in [3.05, 3.63) is 65.2 Å². The van der Waals surface area contributed by atoms with E-state index in [4.69, 9.17) is 10.5 Å². The number of hydrogen-bond donors (Lipinski definition) is 2. The van der Waals surface area contributed by atoms with E-state index in [1.54, 1.807) is 7.11 Å². The van der Waals surface area contributed by atoms with E-state index in [1.807, 2.05) is 48.5 Å². The number of amides is 1. The minimum Gasteiger partial charge on any atom is -0.497 e. The Balaban J connectivity index is 1.92. The number of nitrogens with one attached hydrogen (secondary N) is 1. The van der Waals surface area contributed by atoms with Gasteiger partial charge < -0.3 is 15.8 Å². The minimum absolute atomic E-state index is 0.0184. The molecule has 3 N–H and O–H groups in total. The molecule has 21 heavy (non-hydrogen) atoms. The summed E-state index contributed by atoms with van der Waals surface area (Å²) in [4.78, 5) is 12.0. The molecule has 0 saturated carbocycles. The van der Waals surface area contributed by atoms with Crippen molar-refractivity contribution in [3.63, 3.8) is 0 Å². The summed E-state index contributed by atoms with van der Waals surface area (Å²) in [6.07, 6.45) is 0.335. The zero-order chi connectivity index (χ0) is 15.1. The van der Waals surface area contributed by atoms with Crippen molar-refractivity contribution in [1.82, 2.24) is 5.32 Å². The molecule has 4 nitrogen and oxygen atoms in total. The highest BCUT2D eigenvalue weighted by Gasteiger charge is 2.06. The Morgan fingerprint density at radius 3 is 2.62 bits per heavy atom. The second-order valence-electron chi connectivity index (χ2n) is 4.78. The molecule has 1 amide bonds. The molecule has 2 aromatic rings. The third-order valence-corrected chi connectivity index (χ3v) is 3.31. The predicted octanol–water partition coefficient (Wildman–Crippen LogP) is 2.01. The Kier molecular flexibility index (Phi) is 5.35. The molecule has 0 fully saturated rings. The van der Waals surface area contributed by atoms with Gasteiger partial charge in [0.05, 0.1) is 13.5 Å². The second kappa shape index (κ2) is 7.45. The van der Waals surface area contributed by atoms with Gasteiger partial charge in [0.25, 0.3) is 0 Å². The lowest BCUT2D eigenvalue weighted by molar-refractivity contribution is -0.120. The molecule has 0 radical (unpaired) electrons. The zero-order valence-electron chi connectivity index (χ0n) is 12.1. The van der Waals surface area contributed by atoms with Crippen LogP contribution in [0.3, 0.4) is 0 Å². The maximum Gasteiger partial charge on any atom is 0.224 e. The zero-order valence-corrected chi connectivity index (χ0v) is 12.1. The number of benzene rings is 2. The molecule has 0 aliphatic heterocycles. The first-order chi connectivity index (χ1) is 10.2. The van der Waals surface area contributed by atoms with Crippen molar-refractivity contribution >= 4 is 5.91 Å². The maximum absolute atomic E-state index is 12.0. The van der Waals surface area contributed by atoms with Crippen LogP contribution in [0.2, 0.25) is 0 Å². The van der Waals surface area contributed by atoms with Gasteiger partial charge in [0.1, 0.15) is 5.75 Å². The highest BCUT2D eigenvalue weighted by molar-refractivity contribution is 5.78. The third-order valence-electron chi connectivity index (χ3n) is 3.31. The molecule has 110 valence electrons. The summed E-state index contributed by atoms with van der Waals surface area (Å²) >= 11 is 0. The van der Waals surface area contributed by atoms with Crippen molar-refractivity contribution in [2.24, 2.45) is 5.73 Å². The van der Waals surface area contributed by atoms with Gasteiger partial charge in [0.2, 0.25) is 5.91 Å². The van der Waals surface area contributed by atoms with Crippen LogP contribution in [0.1, 0.15) is 16.7 Å². The fourth-order valence-electron chi connectivity index (χ4n) is 2.15. The third kappa shape index (κ3) is 4.33. The molecule has 0 atom stereocenters. The number of carbonyl (C=O) groups excluding carboxylic acids is 1. The number of hydrogen-bond acceptors (Lipinski definition) is 3. The Morgan fingerprint density at radius 1 is 1.14 bits per heavy atom. The summed E-state index contributed by atoms with van der Waals surface area (Å²) in [6.45, 7) is 0.970. The van der Waals surface area contributed by atoms with Gasteiger partial charge in [-0.3, -0.25) is 4.79 Å². The smallest absolute Gasteiger partial charge is 0.224 e. The van der Waals surface area contributed by atoms with E-state index in [9.17, 15) is 4.79 Å². The van der Waals surface area contributed by atoms with Crippen LogP contribution in [0.5, 0.6) is 5.75 Å². The predicted molar refractivity (Wildman–Crippen MR) is 82.9 cm³/mol. The first-order valence-electron chi connectivity index (χ1n) is 6.89. The van der Waals surface area contributed by atoms with Crippen LogP contribution < -0.4 is 15.8 Å². The molecule has 0 aromatic heterocycles. The van der Waals surface area contributed by atoms with Gasteiger partial charge in [0, 0.05) is 13.1 Å². The quantitative estimate of drug-likeness (QED) is 0.853. The summed E-state index contributed by atoms with van der Waals surface area (Å²) in [6, 6.07) is 15.4. The van der Waals surface area contributed by atoms with Crippen molar-refractivity contribution < 1.29 is 9.53 Å². The van der Waals surface area contributed by atoms with Crippen LogP contribution in [0.25, 0.3) is 0 Å². The molecule has 2 aromatic carbocycles. The number of methoxy groups -OCH3 is 1. The summed E-state index contributed by atoms with van der Waals surface area (Å²) < 4.78 is 5.15. The fraction of sp³-hybridized carbons (Fsp3) is 0.235. The molecule has 0 unspecified atom stereocenters. The molecule has 4 heteroatoms. The maximum atomic E-state index is 12.0. The van der Waals surface area contributed by atoms with Gasteiger partial charge >= 0.3 is 0 Å². The van der Waals surface area contributed by atoms with E-state index in [2.05, 4.69) is 5.32 Å². The first-order valence-corrected chi connectivity index (χ1v) is 6.89.